The van der Waals surface area contributed by atoms with Crippen molar-refractivity contribution in [3.8, 4) is 0 Å². The van der Waals surface area contributed by atoms with Crippen LogP contribution in [0.1, 0.15) is 24.8 Å². The molecule has 0 radical (unpaired) electrons. The Kier molecular flexibility index (Phi) is 10.5. The lowest BCUT2D eigenvalue weighted by Crippen LogP contribution is -2.32. The standard InChI is InChI=1S/C14H20N2O3.C5H5N/c15-12(9-17)7-4-8-13(16)14(18)19-10-11-5-2-1-3-6-11;1-2-4-6-5-3-1/h1-3,5-6,9,12-13H,4,7-8,10,15-16H2;1-5H. The maximum Gasteiger partial charge on any atom is 0.323 e. The number of carbonyl (C=O) groups is 2. The average molecular weight is 343 g/mol. The van der Waals surface area contributed by atoms with E-state index in [4.69, 9.17) is 16.2 Å². The molecule has 1 aromatic carbocycles. The van der Waals surface area contributed by atoms with Gasteiger partial charge in [-0.2, -0.15) is 0 Å². The molecule has 25 heavy (non-hydrogen) atoms. The molecule has 0 aliphatic heterocycles. The van der Waals surface area contributed by atoms with E-state index in [1.54, 1.807) is 12.4 Å². The number of pyridine rings is 1. The maximum atomic E-state index is 11.6. The molecule has 1 aromatic heterocycles. The van der Waals surface area contributed by atoms with Gasteiger partial charge in [-0.15, -0.1) is 0 Å². The van der Waals surface area contributed by atoms with E-state index in [0.29, 0.717) is 25.5 Å². The Morgan fingerprint density at radius 1 is 1.04 bits per heavy atom. The molecule has 1 heterocycles. The van der Waals surface area contributed by atoms with Crippen LogP contribution < -0.4 is 11.5 Å². The highest BCUT2D eigenvalue weighted by atomic mass is 16.5. The van der Waals surface area contributed by atoms with E-state index in [1.165, 1.54) is 0 Å². The van der Waals surface area contributed by atoms with Crippen LogP contribution in [-0.4, -0.2) is 29.3 Å². The fourth-order valence-electron chi connectivity index (χ4n) is 1.91. The van der Waals surface area contributed by atoms with Crippen LogP contribution in [0.15, 0.2) is 60.9 Å². The minimum Gasteiger partial charge on any atom is -0.460 e. The van der Waals surface area contributed by atoms with Crippen LogP contribution in [0.5, 0.6) is 0 Å². The van der Waals surface area contributed by atoms with Gasteiger partial charge in [0.25, 0.3) is 0 Å². The summed E-state index contributed by atoms with van der Waals surface area (Å²) in [5.41, 5.74) is 12.1. The van der Waals surface area contributed by atoms with Crippen molar-refractivity contribution in [1.29, 1.82) is 0 Å². The second kappa shape index (κ2) is 12.8. The molecule has 0 saturated heterocycles. The van der Waals surface area contributed by atoms with Gasteiger partial charge in [-0.05, 0) is 37.0 Å². The van der Waals surface area contributed by atoms with E-state index in [-0.39, 0.29) is 6.61 Å². The largest absolute Gasteiger partial charge is 0.460 e. The highest BCUT2D eigenvalue weighted by molar-refractivity contribution is 5.75. The van der Waals surface area contributed by atoms with Gasteiger partial charge in [0.15, 0.2) is 0 Å². The number of aromatic nitrogens is 1. The van der Waals surface area contributed by atoms with Crippen LogP contribution in [0.25, 0.3) is 0 Å². The summed E-state index contributed by atoms with van der Waals surface area (Å²) in [5, 5.41) is 0. The van der Waals surface area contributed by atoms with Gasteiger partial charge >= 0.3 is 5.97 Å². The Balaban J connectivity index is 0.000000435. The number of ether oxygens (including phenoxy) is 1. The average Bonchev–Trinajstić information content (AvgIpc) is 2.68. The Morgan fingerprint density at radius 3 is 2.20 bits per heavy atom. The van der Waals surface area contributed by atoms with Crippen LogP contribution in [0.3, 0.4) is 0 Å². The molecule has 134 valence electrons. The van der Waals surface area contributed by atoms with Crippen molar-refractivity contribution < 1.29 is 14.3 Å². The van der Waals surface area contributed by atoms with E-state index in [0.717, 1.165) is 5.56 Å². The van der Waals surface area contributed by atoms with Gasteiger partial charge in [-0.25, -0.2) is 0 Å². The first-order valence-corrected chi connectivity index (χ1v) is 8.15. The monoisotopic (exact) mass is 343 g/mol. The number of rotatable bonds is 8. The fraction of sp³-hybridized carbons (Fsp3) is 0.316. The number of nitrogens with zero attached hydrogens (tertiary/aromatic N) is 1. The molecule has 0 amide bonds. The summed E-state index contributed by atoms with van der Waals surface area (Å²) in [4.78, 5) is 25.7. The van der Waals surface area contributed by atoms with Crippen molar-refractivity contribution in [2.24, 2.45) is 11.5 Å². The summed E-state index contributed by atoms with van der Waals surface area (Å²) in [6.45, 7) is 0.223. The van der Waals surface area contributed by atoms with Gasteiger partial charge in [0.05, 0.1) is 6.04 Å². The normalized spacial score (nSPS) is 12.2. The molecule has 0 aliphatic rings. The van der Waals surface area contributed by atoms with Crippen LogP contribution in [0.2, 0.25) is 0 Å². The first-order chi connectivity index (χ1) is 12.1. The smallest absolute Gasteiger partial charge is 0.323 e. The van der Waals surface area contributed by atoms with E-state index >= 15 is 0 Å². The van der Waals surface area contributed by atoms with E-state index in [1.807, 2.05) is 48.5 Å². The molecular weight excluding hydrogens is 318 g/mol. The summed E-state index contributed by atoms with van der Waals surface area (Å²) in [5.74, 6) is -0.427. The van der Waals surface area contributed by atoms with Crippen LogP contribution in [0.4, 0.5) is 0 Å². The van der Waals surface area contributed by atoms with Crippen molar-refractivity contribution in [3.63, 3.8) is 0 Å². The lowest BCUT2D eigenvalue weighted by atomic mass is 10.1. The number of carbonyl (C=O) groups excluding carboxylic acids is 2. The Bertz CT molecular complexity index is 567. The molecule has 0 spiro atoms. The molecule has 0 fully saturated rings. The second-order valence-electron chi connectivity index (χ2n) is 5.46. The molecule has 2 rings (SSSR count). The minimum atomic E-state index is -0.664. The lowest BCUT2D eigenvalue weighted by molar-refractivity contribution is -0.146. The third-order valence-corrected chi connectivity index (χ3v) is 3.32. The molecule has 0 saturated carbocycles. The van der Waals surface area contributed by atoms with Crippen LogP contribution in [0, 0.1) is 0 Å². The molecule has 0 aliphatic carbocycles. The Labute approximate surface area is 148 Å². The quantitative estimate of drug-likeness (QED) is 0.559. The predicted molar refractivity (Wildman–Crippen MR) is 96.3 cm³/mol. The van der Waals surface area contributed by atoms with E-state index in [9.17, 15) is 9.59 Å². The molecule has 6 heteroatoms. The molecular formula is C19H25N3O3. The summed E-state index contributed by atoms with van der Waals surface area (Å²) in [7, 11) is 0. The van der Waals surface area contributed by atoms with Gasteiger partial charge in [0.1, 0.15) is 18.9 Å². The van der Waals surface area contributed by atoms with Gasteiger partial charge in [-0.3, -0.25) is 9.78 Å². The SMILES string of the molecule is NC(C=O)CCCC(N)C(=O)OCc1ccccc1.c1ccncc1. The van der Waals surface area contributed by atoms with Gasteiger partial charge in [0.2, 0.25) is 0 Å². The van der Waals surface area contributed by atoms with Gasteiger partial charge < -0.3 is 21.0 Å². The maximum absolute atomic E-state index is 11.6. The van der Waals surface area contributed by atoms with Crippen molar-refractivity contribution in [2.45, 2.75) is 38.0 Å². The van der Waals surface area contributed by atoms with E-state index < -0.39 is 18.1 Å². The number of nitrogens with two attached hydrogens (primary N) is 2. The predicted octanol–water partition coefficient (Wildman–Crippen LogP) is 1.84. The zero-order chi connectivity index (χ0) is 18.3. The summed E-state index contributed by atoms with van der Waals surface area (Å²) >= 11 is 0. The first-order valence-electron chi connectivity index (χ1n) is 8.15. The molecule has 2 atom stereocenters. The minimum absolute atomic E-state index is 0.223. The topological polar surface area (TPSA) is 108 Å². The number of aldehydes is 1. The summed E-state index contributed by atoms with van der Waals surface area (Å²) < 4.78 is 5.11. The number of benzene rings is 1. The van der Waals surface area contributed by atoms with Gasteiger partial charge in [0, 0.05) is 12.4 Å². The number of esters is 1. The van der Waals surface area contributed by atoms with Crippen molar-refractivity contribution in [1.82, 2.24) is 4.98 Å². The van der Waals surface area contributed by atoms with Crippen molar-refractivity contribution in [3.05, 3.63) is 66.5 Å². The molecule has 4 N–H and O–H groups in total. The third-order valence-electron chi connectivity index (χ3n) is 3.32. The highest BCUT2D eigenvalue weighted by Crippen LogP contribution is 2.05. The third kappa shape index (κ3) is 10.0. The van der Waals surface area contributed by atoms with Gasteiger partial charge in [-0.1, -0.05) is 36.4 Å². The highest BCUT2D eigenvalue weighted by Gasteiger charge is 2.15. The van der Waals surface area contributed by atoms with E-state index in [2.05, 4.69) is 4.98 Å². The van der Waals surface area contributed by atoms with Crippen molar-refractivity contribution >= 4 is 12.3 Å². The Morgan fingerprint density at radius 2 is 1.68 bits per heavy atom. The van der Waals surface area contributed by atoms with Crippen molar-refractivity contribution in [2.75, 3.05) is 0 Å². The number of hydrogen-bond acceptors (Lipinski definition) is 6. The van der Waals surface area contributed by atoms with Crippen LogP contribution in [-0.2, 0) is 20.9 Å². The Hall–Kier alpha value is -2.57. The fourth-order valence-corrected chi connectivity index (χ4v) is 1.91. The molecule has 6 nitrogen and oxygen atoms in total. The second-order valence-corrected chi connectivity index (χ2v) is 5.46. The zero-order valence-corrected chi connectivity index (χ0v) is 14.2. The summed E-state index contributed by atoms with van der Waals surface area (Å²) in [6, 6.07) is 14.0. The number of hydrogen-bond donors (Lipinski definition) is 2. The zero-order valence-electron chi connectivity index (χ0n) is 14.2. The molecule has 2 aromatic rings. The lowest BCUT2D eigenvalue weighted by Gasteiger charge is -2.12. The summed E-state index contributed by atoms with van der Waals surface area (Å²) in [6.07, 6.45) is 5.82. The first kappa shape index (κ1) is 20.5. The molecule has 0 bridgehead atoms. The van der Waals surface area contributed by atoms with Crippen LogP contribution >= 0.6 is 0 Å². The molecule has 2 unspecified atom stereocenters.